The van der Waals surface area contributed by atoms with Gasteiger partial charge in [-0.05, 0) is 25.0 Å². The molecule has 2 aromatic rings. The Morgan fingerprint density at radius 3 is 2.71 bits per heavy atom. The molecule has 1 aromatic heterocycles. The van der Waals surface area contributed by atoms with Gasteiger partial charge in [0.05, 0.1) is 36.1 Å². The molecule has 1 aliphatic heterocycles. The highest BCUT2D eigenvalue weighted by atomic mass is 16.6. The lowest BCUT2D eigenvalue weighted by Crippen LogP contribution is -2.48. The second-order valence-corrected chi connectivity index (χ2v) is 8.52. The maximum atomic E-state index is 12.4. The molecule has 190 valence electrons. The number of hydrogen-bond donors (Lipinski definition) is 1. The lowest BCUT2D eigenvalue weighted by molar-refractivity contribution is -0.384. The van der Waals surface area contributed by atoms with Crippen molar-refractivity contribution in [2.75, 3.05) is 46.0 Å². The number of non-ortho nitro benzene ring substituents is 1. The van der Waals surface area contributed by atoms with E-state index in [0.29, 0.717) is 24.8 Å². The van der Waals surface area contributed by atoms with Crippen LogP contribution in [-0.2, 0) is 14.3 Å². The molecule has 1 atom stereocenters. The summed E-state index contributed by atoms with van der Waals surface area (Å²) in [6.07, 6.45) is 1.32. The molecule has 12 heteroatoms. The molecule has 1 aliphatic rings. The summed E-state index contributed by atoms with van der Waals surface area (Å²) in [4.78, 5) is 37.4. The number of aromatic nitrogens is 2. The molecule has 1 aromatic carbocycles. The number of hydrogen-bond acceptors (Lipinski definition) is 9. The molecule has 1 fully saturated rings. The van der Waals surface area contributed by atoms with Gasteiger partial charge in [-0.1, -0.05) is 13.8 Å². The van der Waals surface area contributed by atoms with Crippen molar-refractivity contribution < 1.29 is 28.7 Å². The fourth-order valence-electron chi connectivity index (χ4n) is 3.67. The second kappa shape index (κ2) is 12.3. The highest BCUT2D eigenvalue weighted by Gasteiger charge is 2.23. The van der Waals surface area contributed by atoms with Crippen LogP contribution in [0.3, 0.4) is 0 Å². The first-order chi connectivity index (χ1) is 16.8. The SMILES string of the molecule is CCOC(=O)c1nn(-c2ccc([N+](=O)[O-])cc2)cc1OCC(=O)NCC1CN(CC(C)C)CCO1. The Bertz CT molecular complexity index is 1020. The third-order valence-electron chi connectivity index (χ3n) is 5.21. The van der Waals surface area contributed by atoms with Crippen LogP contribution in [0, 0.1) is 16.0 Å². The van der Waals surface area contributed by atoms with Gasteiger partial charge in [0.15, 0.2) is 12.4 Å². The Hall–Kier alpha value is -3.51. The summed E-state index contributed by atoms with van der Waals surface area (Å²) in [7, 11) is 0. The van der Waals surface area contributed by atoms with Crippen molar-refractivity contribution in [2.45, 2.75) is 26.9 Å². The number of esters is 1. The maximum Gasteiger partial charge on any atom is 0.362 e. The van der Waals surface area contributed by atoms with Crippen molar-refractivity contribution in [2.24, 2.45) is 5.92 Å². The van der Waals surface area contributed by atoms with Gasteiger partial charge < -0.3 is 19.5 Å². The third kappa shape index (κ3) is 7.49. The lowest BCUT2D eigenvalue weighted by atomic mass is 10.2. The van der Waals surface area contributed by atoms with E-state index in [-0.39, 0.29) is 42.4 Å². The number of carbonyl (C=O) groups excluding carboxylic acids is 2. The minimum absolute atomic E-state index is 0.0639. The summed E-state index contributed by atoms with van der Waals surface area (Å²) < 4.78 is 17.7. The van der Waals surface area contributed by atoms with Crippen LogP contribution in [-0.4, -0.2) is 83.6 Å². The average molecular weight is 490 g/mol. The summed E-state index contributed by atoms with van der Waals surface area (Å²) in [5.41, 5.74) is 0.299. The van der Waals surface area contributed by atoms with Crippen molar-refractivity contribution in [3.05, 3.63) is 46.3 Å². The topological polar surface area (TPSA) is 138 Å². The number of nitrogens with one attached hydrogen (secondary N) is 1. The first kappa shape index (κ1) is 26.1. The van der Waals surface area contributed by atoms with Gasteiger partial charge >= 0.3 is 5.97 Å². The molecule has 35 heavy (non-hydrogen) atoms. The molecule has 1 N–H and O–H groups in total. The number of nitro groups is 1. The van der Waals surface area contributed by atoms with E-state index < -0.39 is 10.9 Å². The van der Waals surface area contributed by atoms with Crippen molar-refractivity contribution in [1.82, 2.24) is 20.0 Å². The standard InChI is InChI=1S/C23H31N5O7/c1-4-33-23(30)22-20(14-27(25-22)17-5-7-18(8-6-17)28(31)32)35-15-21(29)24-11-19-13-26(9-10-34-19)12-16(2)3/h5-8,14,16,19H,4,9-13,15H2,1-3H3,(H,24,29). The van der Waals surface area contributed by atoms with Gasteiger partial charge in [0.25, 0.3) is 11.6 Å². The number of rotatable bonds is 11. The molecule has 12 nitrogen and oxygen atoms in total. The predicted octanol–water partition coefficient (Wildman–Crippen LogP) is 1.81. The number of nitrogens with zero attached hydrogens (tertiary/aromatic N) is 4. The van der Waals surface area contributed by atoms with Gasteiger partial charge in [-0.3, -0.25) is 19.8 Å². The van der Waals surface area contributed by atoms with Crippen LogP contribution >= 0.6 is 0 Å². The predicted molar refractivity (Wildman–Crippen MR) is 126 cm³/mol. The second-order valence-electron chi connectivity index (χ2n) is 8.52. The highest BCUT2D eigenvalue weighted by molar-refractivity contribution is 5.90. The molecule has 1 unspecified atom stereocenters. The molecule has 1 saturated heterocycles. The van der Waals surface area contributed by atoms with Gasteiger partial charge in [0.1, 0.15) is 0 Å². The van der Waals surface area contributed by atoms with Crippen LogP contribution in [0.15, 0.2) is 30.5 Å². The molecule has 3 rings (SSSR count). The molecule has 1 amide bonds. The van der Waals surface area contributed by atoms with Gasteiger partial charge in [-0.15, -0.1) is 0 Å². The minimum atomic E-state index is -0.704. The number of benzene rings is 1. The van der Waals surface area contributed by atoms with Crippen molar-refractivity contribution >= 4 is 17.6 Å². The van der Waals surface area contributed by atoms with Gasteiger partial charge in [-0.25, -0.2) is 9.48 Å². The smallest absolute Gasteiger partial charge is 0.362 e. The summed E-state index contributed by atoms with van der Waals surface area (Å²) >= 11 is 0. The van der Waals surface area contributed by atoms with E-state index in [1.165, 1.54) is 35.1 Å². The van der Waals surface area contributed by atoms with Gasteiger partial charge in [-0.2, -0.15) is 5.10 Å². The fraction of sp³-hybridized carbons (Fsp3) is 0.522. The summed E-state index contributed by atoms with van der Waals surface area (Å²) in [5, 5.41) is 17.9. The Kier molecular flexibility index (Phi) is 9.15. The van der Waals surface area contributed by atoms with Crippen molar-refractivity contribution in [1.29, 1.82) is 0 Å². The number of ether oxygens (including phenoxy) is 3. The van der Waals surface area contributed by atoms with Crippen LogP contribution in [0.2, 0.25) is 0 Å². The molecular weight excluding hydrogens is 458 g/mol. The zero-order valence-corrected chi connectivity index (χ0v) is 20.1. The Morgan fingerprint density at radius 2 is 2.06 bits per heavy atom. The number of carbonyl (C=O) groups is 2. The fourth-order valence-corrected chi connectivity index (χ4v) is 3.67. The maximum absolute atomic E-state index is 12.4. The summed E-state index contributed by atoms with van der Waals surface area (Å²) in [5.74, 6) is -0.455. The summed E-state index contributed by atoms with van der Waals surface area (Å²) in [6, 6.07) is 5.63. The quantitative estimate of drug-likeness (QED) is 0.284. The minimum Gasteiger partial charge on any atom is -0.480 e. The van der Waals surface area contributed by atoms with Crippen LogP contribution in [0.25, 0.3) is 5.69 Å². The molecule has 0 spiro atoms. The van der Waals surface area contributed by atoms with Crippen LogP contribution in [0.4, 0.5) is 5.69 Å². The monoisotopic (exact) mass is 489 g/mol. The van der Waals surface area contributed by atoms with E-state index in [0.717, 1.165) is 19.6 Å². The van der Waals surface area contributed by atoms with Crippen molar-refractivity contribution in [3.63, 3.8) is 0 Å². The zero-order valence-electron chi connectivity index (χ0n) is 20.1. The largest absolute Gasteiger partial charge is 0.480 e. The highest BCUT2D eigenvalue weighted by Crippen LogP contribution is 2.22. The van der Waals surface area contributed by atoms with E-state index in [1.54, 1.807) is 6.92 Å². The number of morpholine rings is 1. The first-order valence-corrected chi connectivity index (χ1v) is 11.5. The van der Waals surface area contributed by atoms with E-state index in [2.05, 4.69) is 29.2 Å². The lowest BCUT2D eigenvalue weighted by Gasteiger charge is -2.33. The molecule has 2 heterocycles. The molecular formula is C23H31N5O7. The molecule has 0 radical (unpaired) electrons. The van der Waals surface area contributed by atoms with Crippen LogP contribution < -0.4 is 10.1 Å². The van der Waals surface area contributed by atoms with E-state index in [4.69, 9.17) is 14.2 Å². The Labute approximate surface area is 203 Å². The van der Waals surface area contributed by atoms with Crippen LogP contribution in [0.1, 0.15) is 31.3 Å². The molecule has 0 saturated carbocycles. The van der Waals surface area contributed by atoms with Crippen molar-refractivity contribution in [3.8, 4) is 11.4 Å². The van der Waals surface area contributed by atoms with Crippen LogP contribution in [0.5, 0.6) is 5.75 Å². The molecule has 0 bridgehead atoms. The first-order valence-electron chi connectivity index (χ1n) is 11.5. The van der Waals surface area contributed by atoms with E-state index >= 15 is 0 Å². The Balaban J connectivity index is 1.61. The normalized spacial score (nSPS) is 16.2. The molecule has 0 aliphatic carbocycles. The number of amides is 1. The van der Waals surface area contributed by atoms with E-state index in [1.807, 2.05) is 0 Å². The third-order valence-corrected chi connectivity index (χ3v) is 5.21. The van der Waals surface area contributed by atoms with Gasteiger partial charge in [0, 0.05) is 38.3 Å². The van der Waals surface area contributed by atoms with E-state index in [9.17, 15) is 19.7 Å². The Morgan fingerprint density at radius 1 is 1.31 bits per heavy atom. The summed E-state index contributed by atoms with van der Waals surface area (Å²) in [6.45, 7) is 9.36. The number of nitro benzene ring substituents is 1. The van der Waals surface area contributed by atoms with Gasteiger partial charge in [0.2, 0.25) is 5.69 Å². The zero-order chi connectivity index (χ0) is 25.4. The average Bonchev–Trinajstić information content (AvgIpc) is 3.26.